The van der Waals surface area contributed by atoms with Crippen LogP contribution in [0.15, 0.2) is 60.7 Å². The van der Waals surface area contributed by atoms with Crippen LogP contribution in [0.2, 0.25) is 0 Å². The van der Waals surface area contributed by atoms with E-state index in [0.29, 0.717) is 0 Å². The zero-order chi connectivity index (χ0) is 12.8. The minimum Gasteiger partial charge on any atom is -0.0537 e. The van der Waals surface area contributed by atoms with Gasteiger partial charge in [0.15, 0.2) is 0 Å². The third-order valence-electron chi connectivity index (χ3n) is 4.92. The molecule has 0 heteroatoms. The largest absolute Gasteiger partial charge is 0.0537 e. The Labute approximate surface area is 115 Å². The van der Waals surface area contributed by atoms with Crippen LogP contribution < -0.4 is 0 Å². The van der Waals surface area contributed by atoms with E-state index in [0.717, 1.165) is 0 Å². The highest BCUT2D eigenvalue weighted by Crippen LogP contribution is 2.45. The van der Waals surface area contributed by atoms with E-state index in [-0.39, 0.29) is 0 Å². The number of rotatable bonds is 0. The summed E-state index contributed by atoms with van der Waals surface area (Å²) < 4.78 is 0. The number of fused-ring (bicyclic) bond motifs is 1. The predicted molar refractivity (Wildman–Crippen MR) is 87.5 cm³/mol. The van der Waals surface area contributed by atoms with E-state index in [4.69, 9.17) is 0 Å². The number of hydrogen-bond acceptors (Lipinski definition) is 0. The molecule has 0 unspecified atom stereocenters. The summed E-state index contributed by atoms with van der Waals surface area (Å²) in [5.74, 6) is 0. The maximum Gasteiger partial charge on any atom is -0.00141 e. The Kier molecular flexibility index (Phi) is 1.30. The molecule has 6 aromatic rings. The molecule has 0 nitrogen and oxygen atoms in total. The fourth-order valence-corrected chi connectivity index (χ4v) is 4.09. The molecule has 6 aromatic carbocycles. The van der Waals surface area contributed by atoms with Gasteiger partial charge >= 0.3 is 0 Å². The van der Waals surface area contributed by atoms with Crippen molar-refractivity contribution in [3.8, 4) is 0 Å². The van der Waals surface area contributed by atoms with Gasteiger partial charge in [-0.05, 0) is 53.9 Å². The Morgan fingerprint density at radius 2 is 0.600 bits per heavy atom. The average molecular weight is 250 g/mol. The van der Waals surface area contributed by atoms with E-state index in [1.54, 1.807) is 0 Å². The molecule has 0 radical (unpaired) electrons. The number of hydrogen-bond donors (Lipinski definition) is 0. The van der Waals surface area contributed by atoms with Gasteiger partial charge in [0.05, 0.1) is 0 Å². The van der Waals surface area contributed by atoms with Gasteiger partial charge in [0.1, 0.15) is 0 Å². The standard InChI is InChI=1S/C20H10/c1-3-13-5-6-14-4-2-12-8-10-16-15-9-7-11(1)17(15)19(13)20(14)18(12)16/h1-10H. The van der Waals surface area contributed by atoms with Crippen molar-refractivity contribution in [3.63, 3.8) is 0 Å². The van der Waals surface area contributed by atoms with Gasteiger partial charge in [-0.25, -0.2) is 0 Å². The molecule has 0 amide bonds. The molecule has 0 bridgehead atoms. The van der Waals surface area contributed by atoms with E-state index in [1.165, 1.54) is 53.9 Å². The van der Waals surface area contributed by atoms with E-state index in [9.17, 15) is 0 Å². The lowest BCUT2D eigenvalue weighted by Gasteiger charge is -2.12. The van der Waals surface area contributed by atoms with Crippen molar-refractivity contribution >= 4 is 53.9 Å². The summed E-state index contributed by atoms with van der Waals surface area (Å²) in [5.41, 5.74) is 0. The highest BCUT2D eigenvalue weighted by molar-refractivity contribution is 6.40. The molecule has 0 aliphatic rings. The number of benzene rings is 4. The molecule has 0 N–H and O–H groups in total. The lowest BCUT2D eigenvalue weighted by Crippen LogP contribution is -1.83. The molecule has 0 heterocycles. The Bertz CT molecular complexity index is 1130. The predicted octanol–water partition coefficient (Wildman–Crippen LogP) is 5.77. The Morgan fingerprint density at radius 3 is 1.00 bits per heavy atom. The van der Waals surface area contributed by atoms with Gasteiger partial charge in [0.2, 0.25) is 0 Å². The van der Waals surface area contributed by atoms with Crippen LogP contribution in [0, 0.1) is 0 Å². The maximum atomic E-state index is 2.29. The van der Waals surface area contributed by atoms with Gasteiger partial charge in [-0.2, -0.15) is 0 Å². The topological polar surface area (TPSA) is 0 Å². The van der Waals surface area contributed by atoms with Crippen LogP contribution in [0.25, 0.3) is 53.9 Å². The molecule has 0 saturated heterocycles. The van der Waals surface area contributed by atoms with Crippen molar-refractivity contribution in [2.75, 3.05) is 0 Å². The van der Waals surface area contributed by atoms with E-state index in [2.05, 4.69) is 60.7 Å². The molecule has 0 spiro atoms. The molecular formula is C20H10. The summed E-state index contributed by atoms with van der Waals surface area (Å²) in [7, 11) is 0. The average Bonchev–Trinajstić information content (AvgIpc) is 3.09. The summed E-state index contributed by atoms with van der Waals surface area (Å²) in [6, 6.07) is 22.6. The summed E-state index contributed by atoms with van der Waals surface area (Å²) in [4.78, 5) is 0. The smallest absolute Gasteiger partial charge is 0.00141 e. The highest BCUT2D eigenvalue weighted by atomic mass is 14.2. The third-order valence-corrected chi connectivity index (χ3v) is 4.92. The van der Waals surface area contributed by atoms with Crippen LogP contribution >= 0.6 is 0 Å². The van der Waals surface area contributed by atoms with Crippen molar-refractivity contribution < 1.29 is 0 Å². The quantitative estimate of drug-likeness (QED) is 0.300. The SMILES string of the molecule is c1cc2ccc3ccc4ccc5c6ccc1c6c2c3c45. The summed E-state index contributed by atoms with van der Waals surface area (Å²) in [6.07, 6.45) is 0. The first kappa shape index (κ1) is 9.33. The zero-order valence-electron chi connectivity index (χ0n) is 10.8. The first-order valence-electron chi connectivity index (χ1n) is 7.05. The maximum absolute atomic E-state index is 2.29. The Morgan fingerprint density at radius 1 is 0.300 bits per heavy atom. The van der Waals surface area contributed by atoms with Crippen molar-refractivity contribution in [3.05, 3.63) is 60.7 Å². The monoisotopic (exact) mass is 250 g/mol. The zero-order valence-corrected chi connectivity index (χ0v) is 10.8. The second kappa shape index (κ2) is 2.78. The van der Waals surface area contributed by atoms with Crippen LogP contribution in [-0.2, 0) is 0 Å². The molecule has 0 fully saturated rings. The van der Waals surface area contributed by atoms with E-state index < -0.39 is 0 Å². The van der Waals surface area contributed by atoms with Gasteiger partial charge in [0, 0.05) is 0 Å². The minimum absolute atomic E-state index is 1.36. The molecule has 90 valence electrons. The first-order valence-corrected chi connectivity index (χ1v) is 7.05. The lowest BCUT2D eigenvalue weighted by molar-refractivity contribution is 1.87. The first-order chi connectivity index (χ1) is 9.92. The van der Waals surface area contributed by atoms with E-state index in [1.807, 2.05) is 0 Å². The van der Waals surface area contributed by atoms with Crippen LogP contribution in [0.5, 0.6) is 0 Å². The molecule has 20 heavy (non-hydrogen) atoms. The van der Waals surface area contributed by atoms with Crippen molar-refractivity contribution in [2.45, 2.75) is 0 Å². The second-order valence-electron chi connectivity index (χ2n) is 5.82. The summed E-state index contributed by atoms with van der Waals surface area (Å²) in [6.45, 7) is 0. The minimum atomic E-state index is 1.36. The normalized spacial score (nSPS) is 13.0. The molecular weight excluding hydrogens is 240 g/mol. The second-order valence-corrected chi connectivity index (χ2v) is 5.82. The fraction of sp³-hybridized carbons (Fsp3) is 0. The lowest BCUT2D eigenvalue weighted by atomic mass is 9.91. The molecule has 0 aromatic heterocycles. The Balaban J connectivity index is 2.25. The van der Waals surface area contributed by atoms with Gasteiger partial charge in [0.25, 0.3) is 0 Å². The van der Waals surface area contributed by atoms with Gasteiger partial charge in [-0.3, -0.25) is 0 Å². The molecule has 0 saturated carbocycles. The molecule has 0 atom stereocenters. The third kappa shape index (κ3) is 0.820. The fourth-order valence-electron chi connectivity index (χ4n) is 4.09. The summed E-state index contributed by atoms with van der Waals surface area (Å²) >= 11 is 0. The van der Waals surface area contributed by atoms with Gasteiger partial charge in [-0.1, -0.05) is 60.7 Å². The van der Waals surface area contributed by atoms with Crippen molar-refractivity contribution in [1.29, 1.82) is 0 Å². The van der Waals surface area contributed by atoms with E-state index >= 15 is 0 Å². The van der Waals surface area contributed by atoms with Gasteiger partial charge < -0.3 is 0 Å². The van der Waals surface area contributed by atoms with Gasteiger partial charge in [-0.15, -0.1) is 0 Å². The highest BCUT2D eigenvalue weighted by Gasteiger charge is 2.17. The van der Waals surface area contributed by atoms with Crippen LogP contribution in [-0.4, -0.2) is 0 Å². The van der Waals surface area contributed by atoms with Crippen LogP contribution in [0.4, 0.5) is 0 Å². The van der Waals surface area contributed by atoms with Crippen LogP contribution in [0.3, 0.4) is 0 Å². The molecule has 0 aliphatic carbocycles. The van der Waals surface area contributed by atoms with Crippen molar-refractivity contribution in [2.24, 2.45) is 0 Å². The van der Waals surface area contributed by atoms with Crippen LogP contribution in [0.1, 0.15) is 0 Å². The Hall–Kier alpha value is -2.60. The molecule has 0 aliphatic heterocycles. The molecule has 6 rings (SSSR count). The van der Waals surface area contributed by atoms with Crippen molar-refractivity contribution in [1.82, 2.24) is 0 Å². The summed E-state index contributed by atoms with van der Waals surface area (Å²) in [5, 5.41) is 14.0.